The Bertz CT molecular complexity index is 547. The van der Waals surface area contributed by atoms with Crippen LogP contribution in [0.15, 0.2) is 0 Å². The molecule has 0 amide bonds. The third-order valence-corrected chi connectivity index (χ3v) is 3.91. The first-order valence-electron chi connectivity index (χ1n) is 8.51. The summed E-state index contributed by atoms with van der Waals surface area (Å²) < 4.78 is 141. The van der Waals surface area contributed by atoms with E-state index in [0.717, 1.165) is 0 Å². The number of nitrogens with zero attached hydrogens (tertiary/aromatic N) is 1. The molecule has 15 heteroatoms. The predicted octanol–water partition coefficient (Wildman–Crippen LogP) is 3.42. The highest BCUT2D eigenvalue weighted by Gasteiger charge is 2.62. The van der Waals surface area contributed by atoms with E-state index in [1.54, 1.807) is 4.90 Å². The Morgan fingerprint density at radius 2 is 1.50 bits per heavy atom. The molecule has 1 aliphatic rings. The molecule has 0 radical (unpaired) electrons. The molecule has 0 saturated carbocycles. The Hall–Kier alpha value is -1.35. The van der Waals surface area contributed by atoms with Gasteiger partial charge in [-0.15, -0.1) is 0 Å². The zero-order valence-electron chi connectivity index (χ0n) is 15.3. The molecule has 1 fully saturated rings. The van der Waals surface area contributed by atoms with Crippen LogP contribution < -0.4 is 0 Å². The van der Waals surface area contributed by atoms with Crippen molar-refractivity contribution < 1.29 is 62.9 Å². The molecule has 30 heavy (non-hydrogen) atoms. The van der Waals surface area contributed by atoms with Gasteiger partial charge in [-0.1, -0.05) is 0 Å². The number of carbonyl (C=O) groups is 1. The van der Waals surface area contributed by atoms with Gasteiger partial charge in [-0.2, -0.15) is 43.9 Å². The van der Waals surface area contributed by atoms with Gasteiger partial charge in [0.1, 0.15) is 12.5 Å². The van der Waals surface area contributed by atoms with Crippen LogP contribution in [0.4, 0.5) is 43.9 Å². The number of hydrogen-bond donors (Lipinski definition) is 0. The fourth-order valence-corrected chi connectivity index (χ4v) is 2.40. The van der Waals surface area contributed by atoms with Crippen LogP contribution in [0.25, 0.3) is 0 Å². The minimum atomic E-state index is -5.67. The lowest BCUT2D eigenvalue weighted by Gasteiger charge is -2.30. The molecule has 5 nitrogen and oxygen atoms in total. The van der Waals surface area contributed by atoms with Crippen molar-refractivity contribution in [2.75, 3.05) is 46.1 Å². The van der Waals surface area contributed by atoms with Crippen molar-refractivity contribution in [3.8, 4) is 0 Å². The molecule has 1 heterocycles. The molecule has 0 bridgehead atoms. The summed E-state index contributed by atoms with van der Waals surface area (Å²) in [6.07, 6.45) is -19.4. The second-order valence-electron chi connectivity index (χ2n) is 6.46. The molecule has 0 aliphatic carbocycles. The SMILES string of the molecule is O=C(OC(COCCN1CCOCC1)CC(F)(F)C(F)(F)CC(F)(F)F)C(F)(F)F. The lowest BCUT2D eigenvalue weighted by Crippen LogP contribution is -2.47. The Balaban J connectivity index is 2.74. The van der Waals surface area contributed by atoms with E-state index in [-0.39, 0.29) is 13.2 Å². The predicted molar refractivity (Wildman–Crippen MR) is 79.2 cm³/mol. The van der Waals surface area contributed by atoms with Crippen LogP contribution in [0.2, 0.25) is 0 Å². The zero-order chi connectivity index (χ0) is 23.2. The van der Waals surface area contributed by atoms with E-state index in [2.05, 4.69) is 4.74 Å². The summed E-state index contributed by atoms with van der Waals surface area (Å²) in [5, 5.41) is 0. The van der Waals surface area contributed by atoms with Crippen LogP contribution in [0.5, 0.6) is 0 Å². The van der Waals surface area contributed by atoms with Crippen molar-refractivity contribution in [3.05, 3.63) is 0 Å². The van der Waals surface area contributed by atoms with Gasteiger partial charge in [0.15, 0.2) is 0 Å². The number of halogens is 10. The highest BCUT2D eigenvalue weighted by atomic mass is 19.4. The third-order valence-electron chi connectivity index (χ3n) is 3.91. The Labute approximate surface area is 164 Å². The second-order valence-corrected chi connectivity index (χ2v) is 6.46. The quantitative estimate of drug-likeness (QED) is 0.280. The minimum absolute atomic E-state index is 0.184. The van der Waals surface area contributed by atoms with E-state index in [4.69, 9.17) is 9.47 Å². The molecule has 0 aromatic rings. The molecule has 0 N–H and O–H groups in total. The first kappa shape index (κ1) is 26.7. The molecule has 0 spiro atoms. The zero-order valence-corrected chi connectivity index (χ0v) is 15.3. The molecular weight excluding hydrogens is 448 g/mol. The van der Waals surface area contributed by atoms with Crippen molar-refractivity contribution in [1.29, 1.82) is 0 Å². The summed E-state index contributed by atoms with van der Waals surface area (Å²) in [7, 11) is 0. The first-order chi connectivity index (χ1) is 13.5. The van der Waals surface area contributed by atoms with Gasteiger partial charge in [-0.3, -0.25) is 4.90 Å². The van der Waals surface area contributed by atoms with Crippen molar-refractivity contribution in [1.82, 2.24) is 4.90 Å². The lowest BCUT2D eigenvalue weighted by atomic mass is 10.0. The summed E-state index contributed by atoms with van der Waals surface area (Å²) in [6.45, 7) is 0.548. The van der Waals surface area contributed by atoms with E-state index >= 15 is 0 Å². The van der Waals surface area contributed by atoms with Gasteiger partial charge in [0.2, 0.25) is 0 Å². The Morgan fingerprint density at radius 1 is 0.933 bits per heavy atom. The number of alkyl halides is 10. The van der Waals surface area contributed by atoms with Gasteiger partial charge in [0, 0.05) is 19.6 Å². The Kier molecular flexibility index (Phi) is 9.17. The number of ether oxygens (including phenoxy) is 3. The number of hydrogen-bond acceptors (Lipinski definition) is 5. The van der Waals surface area contributed by atoms with E-state index < -0.39 is 55.7 Å². The highest BCUT2D eigenvalue weighted by Crippen LogP contribution is 2.45. The smallest absolute Gasteiger partial charge is 0.453 e. The monoisotopic (exact) mass is 467 g/mol. The van der Waals surface area contributed by atoms with E-state index in [1.165, 1.54) is 0 Å². The van der Waals surface area contributed by atoms with Crippen LogP contribution in [0.1, 0.15) is 12.8 Å². The molecule has 0 aromatic heterocycles. The molecule has 1 saturated heterocycles. The van der Waals surface area contributed by atoms with Gasteiger partial charge < -0.3 is 14.2 Å². The van der Waals surface area contributed by atoms with E-state index in [9.17, 15) is 48.7 Å². The standard InChI is InChI=1S/C15H19F10NO4/c16-12(17,13(18,19)9-14(20,21)22)7-10(30-11(27)15(23,24)25)8-29-6-3-26-1-4-28-5-2-26/h10H,1-9H2. The maximum atomic E-state index is 13.7. The average molecular weight is 467 g/mol. The summed E-state index contributed by atoms with van der Waals surface area (Å²) in [5.74, 6) is -14.0. The van der Waals surface area contributed by atoms with Gasteiger partial charge >= 0.3 is 30.2 Å². The van der Waals surface area contributed by atoms with Crippen molar-refractivity contribution in [2.45, 2.75) is 43.1 Å². The van der Waals surface area contributed by atoms with Crippen LogP contribution in [-0.2, 0) is 19.0 Å². The molecule has 1 aliphatic heterocycles. The van der Waals surface area contributed by atoms with Crippen molar-refractivity contribution >= 4 is 5.97 Å². The minimum Gasteiger partial charge on any atom is -0.453 e. The molecule has 178 valence electrons. The average Bonchev–Trinajstić information content (AvgIpc) is 2.56. The largest absolute Gasteiger partial charge is 0.490 e. The molecule has 1 unspecified atom stereocenters. The number of carbonyl (C=O) groups excluding carboxylic acids is 1. The molecule has 0 aromatic carbocycles. The van der Waals surface area contributed by atoms with Crippen LogP contribution >= 0.6 is 0 Å². The van der Waals surface area contributed by atoms with Crippen LogP contribution in [-0.4, -0.2) is 87.2 Å². The summed E-state index contributed by atoms with van der Waals surface area (Å²) in [4.78, 5) is 12.7. The van der Waals surface area contributed by atoms with Gasteiger partial charge in [-0.25, -0.2) is 4.79 Å². The molecule has 1 atom stereocenters. The van der Waals surface area contributed by atoms with E-state index in [1.807, 2.05) is 0 Å². The van der Waals surface area contributed by atoms with E-state index in [0.29, 0.717) is 26.3 Å². The second kappa shape index (κ2) is 10.3. The van der Waals surface area contributed by atoms with Gasteiger partial charge in [0.25, 0.3) is 0 Å². The normalized spacial score (nSPS) is 18.3. The highest BCUT2D eigenvalue weighted by molar-refractivity contribution is 5.75. The first-order valence-corrected chi connectivity index (χ1v) is 8.51. The van der Waals surface area contributed by atoms with Crippen molar-refractivity contribution in [2.24, 2.45) is 0 Å². The van der Waals surface area contributed by atoms with Crippen LogP contribution in [0, 0.1) is 0 Å². The molecular formula is C15H19F10NO4. The summed E-state index contributed by atoms with van der Waals surface area (Å²) in [5.41, 5.74) is 0. The Morgan fingerprint density at radius 3 is 2.00 bits per heavy atom. The van der Waals surface area contributed by atoms with Gasteiger partial charge in [0.05, 0.1) is 32.8 Å². The molecule has 1 rings (SSSR count). The van der Waals surface area contributed by atoms with Crippen LogP contribution in [0.3, 0.4) is 0 Å². The van der Waals surface area contributed by atoms with Gasteiger partial charge in [-0.05, 0) is 0 Å². The fraction of sp³-hybridized carbons (Fsp3) is 0.933. The number of esters is 1. The fourth-order valence-electron chi connectivity index (χ4n) is 2.40. The summed E-state index contributed by atoms with van der Waals surface area (Å²) in [6, 6.07) is 0. The summed E-state index contributed by atoms with van der Waals surface area (Å²) >= 11 is 0. The number of rotatable bonds is 10. The van der Waals surface area contributed by atoms with Crippen molar-refractivity contribution in [3.63, 3.8) is 0 Å². The third kappa shape index (κ3) is 9.20. The topological polar surface area (TPSA) is 48.0 Å². The maximum Gasteiger partial charge on any atom is 0.490 e. The maximum absolute atomic E-state index is 13.7. The number of morpholine rings is 1. The lowest BCUT2D eigenvalue weighted by molar-refractivity contribution is -0.274.